The van der Waals surface area contributed by atoms with Crippen molar-refractivity contribution in [1.82, 2.24) is 10.2 Å². The number of benzene rings is 3. The smallest absolute Gasteiger partial charge is 0.264 e. The summed E-state index contributed by atoms with van der Waals surface area (Å²) in [4.78, 5) is 29.0. The predicted molar refractivity (Wildman–Crippen MR) is 168 cm³/mol. The fourth-order valence-electron chi connectivity index (χ4n) is 4.36. The maximum atomic E-state index is 14.2. The Hall–Kier alpha value is -3.27. The van der Waals surface area contributed by atoms with Crippen LogP contribution in [0.5, 0.6) is 5.75 Å². The summed E-state index contributed by atoms with van der Waals surface area (Å²) >= 11 is 12.7. The summed E-state index contributed by atoms with van der Waals surface area (Å²) in [6, 6.07) is 16.9. The molecule has 3 aromatic rings. The van der Waals surface area contributed by atoms with Crippen LogP contribution in [0.25, 0.3) is 0 Å². The predicted octanol–water partition coefficient (Wildman–Crippen LogP) is 6.23. The van der Waals surface area contributed by atoms with Gasteiger partial charge in [0, 0.05) is 17.6 Å². The van der Waals surface area contributed by atoms with Gasteiger partial charge in [0.1, 0.15) is 18.3 Å². The summed E-state index contributed by atoms with van der Waals surface area (Å²) in [7, 11) is -2.73. The van der Waals surface area contributed by atoms with Crippen LogP contribution in [-0.4, -0.2) is 50.9 Å². The van der Waals surface area contributed by atoms with Crippen LogP contribution in [0.15, 0.2) is 71.6 Å². The number of hydrogen-bond donors (Lipinski definition) is 1. The molecular weight excluding hydrogens is 597 g/mol. The van der Waals surface area contributed by atoms with Crippen molar-refractivity contribution in [2.75, 3.05) is 18.0 Å². The number of amides is 2. The van der Waals surface area contributed by atoms with E-state index in [4.69, 9.17) is 27.9 Å². The van der Waals surface area contributed by atoms with E-state index in [2.05, 4.69) is 5.32 Å². The standard InChI is InChI=1S/C31H37Cl2N3O5S/c1-6-22(4)34-31(38)28(7-2)35(19-23-9-8-10-25(17-23)41-5)30(37)20-36(29-18-24(32)13-16-27(29)33)42(39,40)26-14-11-21(3)12-15-26/h8-18,22,28H,6-7,19-20H2,1-5H3,(H,34,38)/t22-,28-/m0/s1. The lowest BCUT2D eigenvalue weighted by Crippen LogP contribution is -2.53. The number of nitrogens with zero attached hydrogens (tertiary/aromatic N) is 2. The molecule has 8 nitrogen and oxygen atoms in total. The zero-order chi connectivity index (χ0) is 31.0. The number of carbonyl (C=O) groups is 2. The molecule has 0 spiro atoms. The molecule has 0 aromatic heterocycles. The van der Waals surface area contributed by atoms with Crippen molar-refractivity contribution < 1.29 is 22.7 Å². The van der Waals surface area contributed by atoms with Crippen LogP contribution >= 0.6 is 23.2 Å². The average molecular weight is 635 g/mol. The van der Waals surface area contributed by atoms with Crippen molar-refractivity contribution >= 4 is 50.7 Å². The number of halogens is 2. The second-order valence-corrected chi connectivity index (χ2v) is 12.7. The highest BCUT2D eigenvalue weighted by atomic mass is 35.5. The van der Waals surface area contributed by atoms with Crippen molar-refractivity contribution in [2.24, 2.45) is 0 Å². The number of anilines is 1. The summed E-state index contributed by atoms with van der Waals surface area (Å²) in [5.41, 5.74) is 1.64. The van der Waals surface area contributed by atoms with Gasteiger partial charge < -0.3 is 15.0 Å². The molecule has 226 valence electrons. The van der Waals surface area contributed by atoms with Crippen molar-refractivity contribution in [3.63, 3.8) is 0 Å². The molecule has 42 heavy (non-hydrogen) atoms. The Morgan fingerprint density at radius 3 is 2.29 bits per heavy atom. The third-order valence-corrected chi connectivity index (χ3v) is 9.27. The molecule has 1 N–H and O–H groups in total. The summed E-state index contributed by atoms with van der Waals surface area (Å²) < 4.78 is 34.3. The molecule has 3 aromatic carbocycles. The first-order valence-electron chi connectivity index (χ1n) is 13.7. The van der Waals surface area contributed by atoms with Crippen LogP contribution in [0.1, 0.15) is 44.7 Å². The third-order valence-electron chi connectivity index (χ3n) is 6.94. The molecule has 0 saturated heterocycles. The van der Waals surface area contributed by atoms with Crippen molar-refractivity contribution in [3.8, 4) is 5.75 Å². The first-order valence-corrected chi connectivity index (χ1v) is 15.9. The number of hydrogen-bond acceptors (Lipinski definition) is 5. The number of rotatable bonds is 13. The Morgan fingerprint density at radius 1 is 0.976 bits per heavy atom. The lowest BCUT2D eigenvalue weighted by atomic mass is 10.1. The van der Waals surface area contributed by atoms with Crippen molar-refractivity contribution in [1.29, 1.82) is 0 Å². The second kappa shape index (κ2) is 14.8. The molecule has 0 bridgehead atoms. The van der Waals surface area contributed by atoms with Gasteiger partial charge in [0.15, 0.2) is 0 Å². The van der Waals surface area contributed by atoms with Crippen LogP contribution in [0.3, 0.4) is 0 Å². The largest absolute Gasteiger partial charge is 0.497 e. The summed E-state index contributed by atoms with van der Waals surface area (Å²) in [5.74, 6) is -0.321. The monoisotopic (exact) mass is 633 g/mol. The van der Waals surface area contributed by atoms with Gasteiger partial charge >= 0.3 is 0 Å². The molecule has 0 aliphatic rings. The maximum Gasteiger partial charge on any atom is 0.264 e. The highest BCUT2D eigenvalue weighted by molar-refractivity contribution is 7.92. The SMILES string of the molecule is CC[C@H](C)NC(=O)[C@H](CC)N(Cc1cccc(OC)c1)C(=O)CN(c1cc(Cl)ccc1Cl)S(=O)(=O)c1ccc(C)cc1. The Balaban J connectivity index is 2.11. The topological polar surface area (TPSA) is 96.0 Å². The van der Waals surface area contributed by atoms with Gasteiger partial charge in [-0.15, -0.1) is 0 Å². The zero-order valence-corrected chi connectivity index (χ0v) is 26.8. The number of sulfonamides is 1. The summed E-state index contributed by atoms with van der Waals surface area (Å²) in [5, 5.41) is 3.31. The lowest BCUT2D eigenvalue weighted by molar-refractivity contribution is -0.140. The minimum atomic E-state index is -4.28. The van der Waals surface area contributed by atoms with Gasteiger partial charge in [-0.3, -0.25) is 13.9 Å². The molecule has 0 radical (unpaired) electrons. The van der Waals surface area contributed by atoms with Gasteiger partial charge in [-0.1, -0.05) is 66.9 Å². The van der Waals surface area contributed by atoms with Gasteiger partial charge in [0.2, 0.25) is 11.8 Å². The van der Waals surface area contributed by atoms with Gasteiger partial charge in [0.25, 0.3) is 10.0 Å². The highest BCUT2D eigenvalue weighted by Gasteiger charge is 2.34. The van der Waals surface area contributed by atoms with E-state index in [0.29, 0.717) is 24.2 Å². The van der Waals surface area contributed by atoms with Crippen molar-refractivity contribution in [3.05, 3.63) is 87.9 Å². The molecule has 11 heteroatoms. The average Bonchev–Trinajstić information content (AvgIpc) is 2.97. The highest BCUT2D eigenvalue weighted by Crippen LogP contribution is 2.33. The Morgan fingerprint density at radius 2 is 1.67 bits per heavy atom. The van der Waals surface area contributed by atoms with E-state index >= 15 is 0 Å². The molecule has 0 aliphatic carbocycles. The van der Waals surface area contributed by atoms with Crippen molar-refractivity contribution in [2.45, 2.75) is 64.1 Å². The van der Waals surface area contributed by atoms with Crippen LogP contribution in [-0.2, 0) is 26.2 Å². The van der Waals surface area contributed by atoms with Crippen LogP contribution < -0.4 is 14.4 Å². The maximum absolute atomic E-state index is 14.2. The molecule has 0 saturated carbocycles. The van der Waals surface area contributed by atoms with Gasteiger partial charge in [-0.05, 0) is 74.7 Å². The van der Waals surface area contributed by atoms with E-state index in [1.165, 1.54) is 35.2 Å². The molecule has 0 heterocycles. The Kier molecular flexibility index (Phi) is 11.7. The fraction of sp³-hybridized carbons (Fsp3) is 0.355. The molecule has 0 fully saturated rings. The second-order valence-electron chi connectivity index (χ2n) is 10.0. The van der Waals surface area contributed by atoms with Crippen LogP contribution in [0.4, 0.5) is 5.69 Å². The molecule has 0 unspecified atom stereocenters. The fourth-order valence-corrected chi connectivity index (χ4v) is 6.22. The number of carbonyl (C=O) groups excluding carboxylic acids is 2. The minimum Gasteiger partial charge on any atom is -0.497 e. The quantitative estimate of drug-likeness (QED) is 0.241. The zero-order valence-electron chi connectivity index (χ0n) is 24.4. The Bertz CT molecular complexity index is 1500. The van der Waals surface area contributed by atoms with E-state index in [-0.39, 0.29) is 39.1 Å². The molecule has 3 rings (SSSR count). The number of nitrogens with one attached hydrogen (secondary N) is 1. The molecule has 0 aliphatic heterocycles. The minimum absolute atomic E-state index is 0.0159. The Labute approximate surface area is 258 Å². The number of ether oxygens (including phenoxy) is 1. The first kappa shape index (κ1) is 33.2. The number of aryl methyl sites for hydroxylation is 1. The summed E-state index contributed by atoms with van der Waals surface area (Å²) in [6.07, 6.45) is 1.02. The van der Waals surface area contributed by atoms with E-state index in [1.54, 1.807) is 44.4 Å². The van der Waals surface area contributed by atoms with E-state index in [9.17, 15) is 18.0 Å². The third kappa shape index (κ3) is 8.18. The van der Waals surface area contributed by atoms with E-state index in [0.717, 1.165) is 9.87 Å². The normalized spacial score (nSPS) is 12.7. The lowest BCUT2D eigenvalue weighted by Gasteiger charge is -2.34. The van der Waals surface area contributed by atoms with Crippen LogP contribution in [0.2, 0.25) is 10.0 Å². The number of methoxy groups -OCH3 is 1. The van der Waals surface area contributed by atoms with E-state index in [1.807, 2.05) is 26.8 Å². The molecular formula is C31H37Cl2N3O5S. The molecule has 2 amide bonds. The van der Waals surface area contributed by atoms with Crippen LogP contribution in [0, 0.1) is 6.92 Å². The summed E-state index contributed by atoms with van der Waals surface area (Å²) in [6.45, 7) is 6.92. The first-order chi connectivity index (χ1) is 19.9. The van der Waals surface area contributed by atoms with Gasteiger partial charge in [-0.25, -0.2) is 8.42 Å². The molecule has 2 atom stereocenters. The van der Waals surface area contributed by atoms with Gasteiger partial charge in [0.05, 0.1) is 22.7 Å². The van der Waals surface area contributed by atoms with Gasteiger partial charge in [-0.2, -0.15) is 0 Å². The van der Waals surface area contributed by atoms with E-state index < -0.39 is 28.5 Å².